The Balaban J connectivity index is 1.39. The van der Waals surface area contributed by atoms with Crippen molar-refractivity contribution in [2.24, 2.45) is 5.92 Å². The summed E-state index contributed by atoms with van der Waals surface area (Å²) in [6.07, 6.45) is 3.51. The molecule has 8 heteroatoms. The molecule has 28 heavy (non-hydrogen) atoms. The lowest BCUT2D eigenvalue weighted by Gasteiger charge is -2.16. The summed E-state index contributed by atoms with van der Waals surface area (Å²) in [7, 11) is 0. The number of carbonyl (C=O) groups excluding carboxylic acids is 3. The number of aromatic nitrogens is 1. The summed E-state index contributed by atoms with van der Waals surface area (Å²) in [6, 6.07) is 8.89. The lowest BCUT2D eigenvalue weighted by atomic mass is 10.1. The van der Waals surface area contributed by atoms with Crippen LogP contribution in [0, 0.1) is 11.7 Å². The number of pyridine rings is 1. The Bertz CT molecular complexity index is 842. The van der Waals surface area contributed by atoms with E-state index in [4.69, 9.17) is 0 Å². The predicted molar refractivity (Wildman–Crippen MR) is 99.5 cm³/mol. The van der Waals surface area contributed by atoms with E-state index in [9.17, 15) is 18.8 Å². The normalized spacial score (nSPS) is 16.1. The number of rotatable bonds is 7. The van der Waals surface area contributed by atoms with E-state index in [1.165, 1.54) is 24.3 Å². The number of halogens is 1. The highest BCUT2D eigenvalue weighted by molar-refractivity contribution is 5.94. The van der Waals surface area contributed by atoms with Crippen LogP contribution in [0.15, 0.2) is 48.8 Å². The summed E-state index contributed by atoms with van der Waals surface area (Å²) in [5.41, 5.74) is 1.31. The highest BCUT2D eigenvalue weighted by Crippen LogP contribution is 2.20. The van der Waals surface area contributed by atoms with Crippen molar-refractivity contribution < 1.29 is 18.8 Å². The molecule has 3 amide bonds. The molecule has 7 nitrogen and oxygen atoms in total. The molecule has 1 aliphatic rings. The molecule has 2 aromatic rings. The fourth-order valence-corrected chi connectivity index (χ4v) is 3.02. The smallest absolute Gasteiger partial charge is 0.251 e. The molecule has 0 radical (unpaired) electrons. The zero-order chi connectivity index (χ0) is 19.9. The van der Waals surface area contributed by atoms with Gasteiger partial charge in [-0.3, -0.25) is 19.4 Å². The van der Waals surface area contributed by atoms with E-state index in [2.05, 4.69) is 15.6 Å². The second-order valence-electron chi connectivity index (χ2n) is 6.58. The van der Waals surface area contributed by atoms with Crippen LogP contribution in [0.25, 0.3) is 0 Å². The molecule has 2 N–H and O–H groups in total. The van der Waals surface area contributed by atoms with Crippen molar-refractivity contribution in [1.29, 1.82) is 0 Å². The third kappa shape index (κ3) is 5.12. The van der Waals surface area contributed by atoms with E-state index in [0.29, 0.717) is 18.7 Å². The summed E-state index contributed by atoms with van der Waals surface area (Å²) in [4.78, 5) is 41.9. The first-order valence-corrected chi connectivity index (χ1v) is 9.01. The largest absolute Gasteiger partial charge is 0.354 e. The second-order valence-corrected chi connectivity index (χ2v) is 6.58. The number of hydrogen-bond acceptors (Lipinski definition) is 4. The molecule has 1 atom stereocenters. The number of carbonyl (C=O) groups is 3. The van der Waals surface area contributed by atoms with Crippen molar-refractivity contribution in [3.05, 3.63) is 65.7 Å². The van der Waals surface area contributed by atoms with Crippen LogP contribution in [-0.2, 0) is 16.1 Å². The van der Waals surface area contributed by atoms with Crippen molar-refractivity contribution in [3.8, 4) is 0 Å². The molecule has 1 aromatic carbocycles. The van der Waals surface area contributed by atoms with Crippen LogP contribution in [0.3, 0.4) is 0 Å². The minimum absolute atomic E-state index is 0.0541. The SMILES string of the molecule is O=C(NCCNC(=O)C1CC(=O)N(Cc2ccncc2)C1)c1ccc(F)cc1. The summed E-state index contributed by atoms with van der Waals surface area (Å²) in [5, 5.41) is 5.40. The predicted octanol–water partition coefficient (Wildman–Crippen LogP) is 1.12. The highest BCUT2D eigenvalue weighted by atomic mass is 19.1. The van der Waals surface area contributed by atoms with Crippen LogP contribution in [0.4, 0.5) is 4.39 Å². The molecular formula is C20H21FN4O3. The highest BCUT2D eigenvalue weighted by Gasteiger charge is 2.33. The standard InChI is InChI=1S/C20H21FN4O3/c21-17-3-1-15(2-4-17)19(27)23-9-10-24-20(28)16-11-18(26)25(13-16)12-14-5-7-22-8-6-14/h1-8,16H,9-13H2,(H,23,27)(H,24,28). The van der Waals surface area contributed by atoms with Gasteiger partial charge >= 0.3 is 0 Å². The Hall–Kier alpha value is -3.29. The van der Waals surface area contributed by atoms with Crippen molar-refractivity contribution in [2.75, 3.05) is 19.6 Å². The molecule has 1 unspecified atom stereocenters. The maximum atomic E-state index is 12.9. The minimum atomic E-state index is -0.409. The van der Waals surface area contributed by atoms with E-state index in [-0.39, 0.29) is 37.2 Å². The van der Waals surface area contributed by atoms with Gasteiger partial charge in [-0.2, -0.15) is 0 Å². The molecule has 1 aromatic heterocycles. The quantitative estimate of drug-likeness (QED) is 0.700. The van der Waals surface area contributed by atoms with Gasteiger partial charge in [0.1, 0.15) is 5.82 Å². The Morgan fingerprint density at radius 2 is 1.75 bits per heavy atom. The van der Waals surface area contributed by atoms with Gasteiger partial charge in [0.05, 0.1) is 5.92 Å². The summed E-state index contributed by atoms with van der Waals surface area (Å²) in [6.45, 7) is 1.32. The number of nitrogens with zero attached hydrogens (tertiary/aromatic N) is 2. The van der Waals surface area contributed by atoms with Crippen LogP contribution >= 0.6 is 0 Å². The zero-order valence-electron chi connectivity index (χ0n) is 15.2. The van der Waals surface area contributed by atoms with Crippen molar-refractivity contribution >= 4 is 17.7 Å². The first kappa shape index (κ1) is 19.5. The lowest BCUT2D eigenvalue weighted by molar-refractivity contribution is -0.129. The number of hydrogen-bond donors (Lipinski definition) is 2. The topological polar surface area (TPSA) is 91.4 Å². The minimum Gasteiger partial charge on any atom is -0.354 e. The van der Waals surface area contributed by atoms with Crippen LogP contribution in [0.1, 0.15) is 22.3 Å². The first-order chi connectivity index (χ1) is 13.5. The van der Waals surface area contributed by atoms with Gasteiger partial charge in [-0.25, -0.2) is 4.39 Å². The maximum Gasteiger partial charge on any atom is 0.251 e. The molecule has 0 aliphatic carbocycles. The van der Waals surface area contributed by atoms with E-state index < -0.39 is 11.7 Å². The average molecular weight is 384 g/mol. The Labute approximate surface area is 161 Å². The summed E-state index contributed by atoms with van der Waals surface area (Å²) < 4.78 is 12.9. The molecule has 146 valence electrons. The number of amides is 3. The summed E-state index contributed by atoms with van der Waals surface area (Å²) in [5.74, 6) is -1.41. The van der Waals surface area contributed by atoms with Crippen LogP contribution < -0.4 is 10.6 Å². The van der Waals surface area contributed by atoms with Gasteiger partial charge in [0, 0.05) is 50.6 Å². The van der Waals surface area contributed by atoms with Gasteiger partial charge in [-0.15, -0.1) is 0 Å². The van der Waals surface area contributed by atoms with Gasteiger partial charge in [0.25, 0.3) is 5.91 Å². The molecule has 0 bridgehead atoms. The number of nitrogens with one attached hydrogen (secondary N) is 2. The van der Waals surface area contributed by atoms with Crippen LogP contribution in [-0.4, -0.2) is 47.2 Å². The van der Waals surface area contributed by atoms with Crippen LogP contribution in [0.2, 0.25) is 0 Å². The fraction of sp³-hybridized carbons (Fsp3) is 0.300. The van der Waals surface area contributed by atoms with Gasteiger partial charge < -0.3 is 15.5 Å². The second kappa shape index (κ2) is 9.07. The third-order valence-electron chi connectivity index (χ3n) is 4.52. The zero-order valence-corrected chi connectivity index (χ0v) is 15.2. The molecule has 1 aliphatic heterocycles. The Morgan fingerprint density at radius 1 is 1.07 bits per heavy atom. The van der Waals surface area contributed by atoms with Gasteiger partial charge in [0.15, 0.2) is 0 Å². The van der Waals surface area contributed by atoms with E-state index in [1.807, 2.05) is 12.1 Å². The number of likely N-dealkylation sites (tertiary alicyclic amines) is 1. The maximum absolute atomic E-state index is 12.9. The van der Waals surface area contributed by atoms with Crippen molar-refractivity contribution in [3.63, 3.8) is 0 Å². The average Bonchev–Trinajstić information content (AvgIpc) is 3.07. The third-order valence-corrected chi connectivity index (χ3v) is 4.52. The molecule has 1 fully saturated rings. The molecule has 0 saturated carbocycles. The molecule has 2 heterocycles. The molecular weight excluding hydrogens is 363 g/mol. The fourth-order valence-electron chi connectivity index (χ4n) is 3.02. The Morgan fingerprint density at radius 3 is 2.46 bits per heavy atom. The van der Waals surface area contributed by atoms with E-state index >= 15 is 0 Å². The monoisotopic (exact) mass is 384 g/mol. The van der Waals surface area contributed by atoms with Crippen LogP contribution in [0.5, 0.6) is 0 Å². The Kier molecular flexibility index (Phi) is 6.31. The van der Waals surface area contributed by atoms with Crippen molar-refractivity contribution in [2.45, 2.75) is 13.0 Å². The molecule has 1 saturated heterocycles. The molecule has 0 spiro atoms. The number of benzene rings is 1. The van der Waals surface area contributed by atoms with Gasteiger partial charge in [-0.1, -0.05) is 0 Å². The van der Waals surface area contributed by atoms with Gasteiger partial charge in [0.2, 0.25) is 11.8 Å². The first-order valence-electron chi connectivity index (χ1n) is 9.01. The van der Waals surface area contributed by atoms with Gasteiger partial charge in [-0.05, 0) is 42.0 Å². The summed E-state index contributed by atoms with van der Waals surface area (Å²) >= 11 is 0. The lowest BCUT2D eigenvalue weighted by Crippen LogP contribution is -2.38. The molecule has 3 rings (SSSR count). The van der Waals surface area contributed by atoms with E-state index in [1.54, 1.807) is 17.3 Å². The van der Waals surface area contributed by atoms with E-state index in [0.717, 1.165) is 5.56 Å². The van der Waals surface area contributed by atoms with Crippen molar-refractivity contribution in [1.82, 2.24) is 20.5 Å².